The first kappa shape index (κ1) is 16.6. The van der Waals surface area contributed by atoms with E-state index in [4.69, 9.17) is 4.74 Å². The van der Waals surface area contributed by atoms with Crippen LogP contribution in [0.15, 0.2) is 24.3 Å². The van der Waals surface area contributed by atoms with Gasteiger partial charge in [-0.25, -0.2) is 0 Å². The molecule has 2 atom stereocenters. The van der Waals surface area contributed by atoms with Gasteiger partial charge in [0.05, 0.1) is 12.1 Å². The lowest BCUT2D eigenvalue weighted by atomic mass is 10.1. The van der Waals surface area contributed by atoms with Crippen LogP contribution < -0.4 is 15.4 Å². The Morgan fingerprint density at radius 3 is 2.95 bits per heavy atom. The fourth-order valence-electron chi connectivity index (χ4n) is 2.71. The lowest BCUT2D eigenvalue weighted by Gasteiger charge is -2.35. The summed E-state index contributed by atoms with van der Waals surface area (Å²) in [6.07, 6.45) is -0.681. The molecule has 0 aromatic heterocycles. The summed E-state index contributed by atoms with van der Waals surface area (Å²) < 4.78 is 5.67. The summed E-state index contributed by atoms with van der Waals surface area (Å²) in [6.45, 7) is 4.25. The summed E-state index contributed by atoms with van der Waals surface area (Å²) in [6, 6.07) is 7.39. The van der Waals surface area contributed by atoms with E-state index in [9.17, 15) is 9.59 Å². The van der Waals surface area contributed by atoms with E-state index in [0.29, 0.717) is 18.0 Å². The number of para-hydroxylation sites is 2. The van der Waals surface area contributed by atoms with Crippen molar-refractivity contribution in [3.8, 4) is 5.75 Å². The Labute approximate surface area is 135 Å². The molecule has 2 amide bonds. The topological polar surface area (TPSA) is 70.7 Å². The fourth-order valence-corrected chi connectivity index (χ4v) is 2.71. The number of nitrogens with one attached hydrogen (secondary N) is 2. The molecule has 7 heteroatoms. The number of halogens is 1. The van der Waals surface area contributed by atoms with Gasteiger partial charge in [-0.1, -0.05) is 12.1 Å². The third-order valence-corrected chi connectivity index (χ3v) is 3.89. The molecule has 1 unspecified atom stereocenters. The van der Waals surface area contributed by atoms with Crippen molar-refractivity contribution in [1.82, 2.24) is 10.2 Å². The second-order valence-corrected chi connectivity index (χ2v) is 5.44. The molecule has 3 rings (SSSR count). The molecular weight excluding hydrogens is 306 g/mol. The smallest absolute Gasteiger partial charge is 0.266 e. The summed E-state index contributed by atoms with van der Waals surface area (Å²) in [7, 11) is 0. The molecule has 120 valence electrons. The van der Waals surface area contributed by atoms with Crippen molar-refractivity contribution in [3.63, 3.8) is 0 Å². The SMILES string of the molecule is C[C@@H]1CNCCN1C(=O)CC1Oc2ccccc2NC1=O.Cl. The van der Waals surface area contributed by atoms with E-state index >= 15 is 0 Å². The molecule has 0 aliphatic carbocycles. The second-order valence-electron chi connectivity index (χ2n) is 5.44. The Balaban J connectivity index is 0.00000176. The Kier molecular flexibility index (Phi) is 5.26. The van der Waals surface area contributed by atoms with Gasteiger partial charge in [-0.05, 0) is 19.1 Å². The number of carbonyl (C=O) groups excluding carboxylic acids is 2. The van der Waals surface area contributed by atoms with E-state index in [0.717, 1.165) is 13.1 Å². The first-order valence-electron chi connectivity index (χ1n) is 7.22. The van der Waals surface area contributed by atoms with Crippen molar-refractivity contribution in [2.24, 2.45) is 0 Å². The van der Waals surface area contributed by atoms with Crippen molar-refractivity contribution in [2.75, 3.05) is 25.0 Å². The molecule has 1 saturated heterocycles. The Morgan fingerprint density at radius 1 is 1.41 bits per heavy atom. The number of hydrogen-bond donors (Lipinski definition) is 2. The zero-order chi connectivity index (χ0) is 14.8. The molecule has 0 radical (unpaired) electrons. The molecule has 2 aliphatic heterocycles. The van der Waals surface area contributed by atoms with Gasteiger partial charge in [0.15, 0.2) is 6.10 Å². The largest absolute Gasteiger partial charge is 0.478 e. The van der Waals surface area contributed by atoms with Gasteiger partial charge in [0, 0.05) is 25.7 Å². The maximum Gasteiger partial charge on any atom is 0.266 e. The van der Waals surface area contributed by atoms with Crippen LogP contribution in [0.1, 0.15) is 13.3 Å². The molecule has 2 N–H and O–H groups in total. The molecule has 6 nitrogen and oxygen atoms in total. The van der Waals surface area contributed by atoms with E-state index in [1.54, 1.807) is 12.1 Å². The third-order valence-electron chi connectivity index (χ3n) is 3.89. The first-order chi connectivity index (χ1) is 10.1. The first-order valence-corrected chi connectivity index (χ1v) is 7.22. The predicted molar refractivity (Wildman–Crippen MR) is 85.4 cm³/mol. The van der Waals surface area contributed by atoms with Crippen LogP contribution >= 0.6 is 12.4 Å². The van der Waals surface area contributed by atoms with E-state index < -0.39 is 6.10 Å². The molecule has 0 bridgehead atoms. The van der Waals surface area contributed by atoms with Gasteiger partial charge in [0.2, 0.25) is 5.91 Å². The lowest BCUT2D eigenvalue weighted by molar-refractivity contribution is -0.139. The molecule has 2 heterocycles. The normalized spacial score (nSPS) is 23.7. The van der Waals surface area contributed by atoms with Crippen LogP contribution in [-0.4, -0.2) is 48.5 Å². The van der Waals surface area contributed by atoms with Gasteiger partial charge in [-0.3, -0.25) is 9.59 Å². The number of carbonyl (C=O) groups is 2. The van der Waals surface area contributed by atoms with Crippen LogP contribution in [0.2, 0.25) is 0 Å². The standard InChI is InChI=1S/C15H19N3O3.ClH/c1-10-9-16-6-7-18(10)14(19)8-13-15(20)17-11-4-2-3-5-12(11)21-13;/h2-5,10,13,16H,6-9H2,1H3,(H,17,20);1H/t10-,13?;/m1./s1. The van der Waals surface area contributed by atoms with Crippen LogP contribution in [0.4, 0.5) is 5.69 Å². The Hall–Kier alpha value is -1.79. The minimum Gasteiger partial charge on any atom is -0.478 e. The van der Waals surface area contributed by atoms with E-state index in [2.05, 4.69) is 10.6 Å². The number of anilines is 1. The van der Waals surface area contributed by atoms with Gasteiger partial charge in [0.1, 0.15) is 5.75 Å². The molecule has 1 aromatic carbocycles. The number of rotatable bonds is 2. The number of amides is 2. The minimum atomic E-state index is -0.755. The van der Waals surface area contributed by atoms with Crippen LogP contribution in [0.5, 0.6) is 5.75 Å². The van der Waals surface area contributed by atoms with Gasteiger partial charge in [0.25, 0.3) is 5.91 Å². The van der Waals surface area contributed by atoms with Crippen LogP contribution in [0.25, 0.3) is 0 Å². The summed E-state index contributed by atoms with van der Waals surface area (Å²) in [4.78, 5) is 26.2. The Bertz CT molecular complexity index is 567. The maximum absolute atomic E-state index is 12.4. The summed E-state index contributed by atoms with van der Waals surface area (Å²) in [5.41, 5.74) is 0.654. The molecule has 22 heavy (non-hydrogen) atoms. The molecular formula is C15H20ClN3O3. The average molecular weight is 326 g/mol. The predicted octanol–water partition coefficient (Wildman–Crippen LogP) is 1.02. The zero-order valence-electron chi connectivity index (χ0n) is 12.4. The van der Waals surface area contributed by atoms with Crippen molar-refractivity contribution >= 4 is 29.9 Å². The molecule has 0 saturated carbocycles. The Morgan fingerprint density at radius 2 is 2.18 bits per heavy atom. The highest BCUT2D eigenvalue weighted by Crippen LogP contribution is 2.29. The van der Waals surface area contributed by atoms with E-state index in [-0.39, 0.29) is 36.7 Å². The molecule has 0 spiro atoms. The number of fused-ring (bicyclic) bond motifs is 1. The van der Waals surface area contributed by atoms with Crippen LogP contribution in [-0.2, 0) is 9.59 Å². The number of piperazine rings is 1. The number of hydrogen-bond acceptors (Lipinski definition) is 4. The number of ether oxygens (including phenoxy) is 1. The minimum absolute atomic E-state index is 0. The highest BCUT2D eigenvalue weighted by atomic mass is 35.5. The van der Waals surface area contributed by atoms with E-state index in [1.807, 2.05) is 24.0 Å². The van der Waals surface area contributed by atoms with Gasteiger partial charge < -0.3 is 20.3 Å². The van der Waals surface area contributed by atoms with Crippen molar-refractivity contribution in [2.45, 2.75) is 25.5 Å². The van der Waals surface area contributed by atoms with Gasteiger partial charge in [-0.15, -0.1) is 12.4 Å². The molecule has 2 aliphatic rings. The van der Waals surface area contributed by atoms with Crippen molar-refractivity contribution in [3.05, 3.63) is 24.3 Å². The quantitative estimate of drug-likeness (QED) is 0.851. The highest BCUT2D eigenvalue weighted by molar-refractivity contribution is 5.99. The highest BCUT2D eigenvalue weighted by Gasteiger charge is 2.32. The third kappa shape index (κ3) is 3.34. The average Bonchev–Trinajstić information content (AvgIpc) is 2.48. The summed E-state index contributed by atoms with van der Waals surface area (Å²) >= 11 is 0. The number of nitrogens with zero attached hydrogens (tertiary/aromatic N) is 1. The van der Waals surface area contributed by atoms with Crippen molar-refractivity contribution in [1.29, 1.82) is 0 Å². The van der Waals surface area contributed by atoms with Crippen molar-refractivity contribution < 1.29 is 14.3 Å². The number of benzene rings is 1. The fraction of sp³-hybridized carbons (Fsp3) is 0.467. The lowest BCUT2D eigenvalue weighted by Crippen LogP contribution is -2.53. The van der Waals surface area contributed by atoms with E-state index in [1.165, 1.54) is 0 Å². The van der Waals surface area contributed by atoms with Crippen LogP contribution in [0.3, 0.4) is 0 Å². The monoisotopic (exact) mass is 325 g/mol. The molecule has 1 aromatic rings. The summed E-state index contributed by atoms with van der Waals surface area (Å²) in [5, 5.41) is 6.02. The summed E-state index contributed by atoms with van der Waals surface area (Å²) in [5.74, 6) is 0.316. The maximum atomic E-state index is 12.4. The second kappa shape index (κ2) is 6.98. The zero-order valence-corrected chi connectivity index (χ0v) is 13.2. The van der Waals surface area contributed by atoms with Gasteiger partial charge >= 0.3 is 0 Å². The van der Waals surface area contributed by atoms with Crippen LogP contribution in [0, 0.1) is 0 Å². The van der Waals surface area contributed by atoms with Gasteiger partial charge in [-0.2, -0.15) is 0 Å². The molecule has 1 fully saturated rings.